The van der Waals surface area contributed by atoms with E-state index in [0.29, 0.717) is 30.5 Å². The normalized spacial score (nSPS) is 13.9. The van der Waals surface area contributed by atoms with E-state index in [2.05, 4.69) is 15.2 Å². The Morgan fingerprint density at radius 3 is 2.24 bits per heavy atom. The Labute approximate surface area is 122 Å². The van der Waals surface area contributed by atoms with Crippen LogP contribution in [0.25, 0.3) is 0 Å². The molecule has 1 N–H and O–H groups in total. The van der Waals surface area contributed by atoms with Crippen molar-refractivity contribution in [3.63, 3.8) is 0 Å². The molecule has 108 valence electrons. The number of aryl methyl sites for hydroxylation is 3. The highest BCUT2D eigenvalue weighted by Gasteiger charge is 2.37. The van der Waals surface area contributed by atoms with Crippen LogP contribution in [0.4, 0.5) is 0 Å². The Bertz CT molecular complexity index is 666. The molecule has 0 saturated heterocycles. The SMILES string of the molecule is Cc1ccc(C)c2c1C(=O)N(CCCc1ncn[nH]1)C2=O. The predicted molar refractivity (Wildman–Crippen MR) is 76.0 cm³/mol. The number of benzene rings is 1. The Morgan fingerprint density at radius 2 is 1.71 bits per heavy atom. The van der Waals surface area contributed by atoms with Crippen molar-refractivity contribution in [2.24, 2.45) is 0 Å². The number of fused-ring (bicyclic) bond motifs is 1. The van der Waals surface area contributed by atoms with Crippen molar-refractivity contribution in [1.82, 2.24) is 20.1 Å². The van der Waals surface area contributed by atoms with Gasteiger partial charge in [-0.1, -0.05) is 12.1 Å². The first-order chi connectivity index (χ1) is 10.1. The fraction of sp³-hybridized carbons (Fsp3) is 0.333. The highest BCUT2D eigenvalue weighted by molar-refractivity contribution is 6.22. The zero-order valence-corrected chi connectivity index (χ0v) is 12.0. The van der Waals surface area contributed by atoms with Crippen molar-refractivity contribution < 1.29 is 9.59 Å². The first-order valence-corrected chi connectivity index (χ1v) is 6.90. The number of aromatic amines is 1. The van der Waals surface area contributed by atoms with Gasteiger partial charge in [-0.05, 0) is 31.4 Å². The number of nitrogens with one attached hydrogen (secondary N) is 1. The van der Waals surface area contributed by atoms with E-state index in [1.807, 2.05) is 26.0 Å². The average Bonchev–Trinajstić information content (AvgIpc) is 3.05. The van der Waals surface area contributed by atoms with Crippen molar-refractivity contribution in [2.75, 3.05) is 6.54 Å². The van der Waals surface area contributed by atoms with Gasteiger partial charge in [-0.25, -0.2) is 4.98 Å². The van der Waals surface area contributed by atoms with Gasteiger partial charge in [-0.2, -0.15) is 5.10 Å². The van der Waals surface area contributed by atoms with Crippen LogP contribution >= 0.6 is 0 Å². The van der Waals surface area contributed by atoms with Gasteiger partial charge in [-0.15, -0.1) is 0 Å². The van der Waals surface area contributed by atoms with Crippen LogP contribution in [0.1, 0.15) is 44.1 Å². The second-order valence-electron chi connectivity index (χ2n) is 5.25. The first-order valence-electron chi connectivity index (χ1n) is 6.90. The minimum Gasteiger partial charge on any atom is -0.274 e. The molecule has 0 spiro atoms. The molecule has 2 heterocycles. The summed E-state index contributed by atoms with van der Waals surface area (Å²) in [4.78, 5) is 30.2. The number of amides is 2. The second-order valence-corrected chi connectivity index (χ2v) is 5.25. The quantitative estimate of drug-likeness (QED) is 0.866. The molecule has 0 atom stereocenters. The summed E-state index contributed by atoms with van der Waals surface area (Å²) in [7, 11) is 0. The maximum absolute atomic E-state index is 12.4. The van der Waals surface area contributed by atoms with Crippen LogP contribution < -0.4 is 0 Å². The topological polar surface area (TPSA) is 79.0 Å². The predicted octanol–water partition coefficient (Wildman–Crippen LogP) is 1.65. The van der Waals surface area contributed by atoms with Crippen LogP contribution in [-0.4, -0.2) is 38.4 Å². The van der Waals surface area contributed by atoms with Crippen molar-refractivity contribution in [3.8, 4) is 0 Å². The molecule has 0 radical (unpaired) electrons. The second kappa shape index (κ2) is 5.12. The number of aromatic nitrogens is 3. The van der Waals surface area contributed by atoms with E-state index in [1.54, 1.807) is 0 Å². The van der Waals surface area contributed by atoms with Gasteiger partial charge in [-0.3, -0.25) is 19.6 Å². The van der Waals surface area contributed by atoms with E-state index in [0.717, 1.165) is 17.0 Å². The Hall–Kier alpha value is -2.50. The fourth-order valence-electron chi connectivity index (χ4n) is 2.68. The number of hydrogen-bond donors (Lipinski definition) is 1. The van der Waals surface area contributed by atoms with Gasteiger partial charge >= 0.3 is 0 Å². The summed E-state index contributed by atoms with van der Waals surface area (Å²) >= 11 is 0. The number of hydrogen-bond acceptors (Lipinski definition) is 4. The summed E-state index contributed by atoms with van der Waals surface area (Å²) in [5, 5.41) is 6.55. The molecule has 1 aliphatic heterocycles. The summed E-state index contributed by atoms with van der Waals surface area (Å²) in [5.41, 5.74) is 2.82. The number of carbonyl (C=O) groups is 2. The van der Waals surface area contributed by atoms with Crippen molar-refractivity contribution in [1.29, 1.82) is 0 Å². The van der Waals surface area contributed by atoms with Gasteiger partial charge in [0.2, 0.25) is 0 Å². The van der Waals surface area contributed by atoms with Crippen LogP contribution in [0, 0.1) is 13.8 Å². The smallest absolute Gasteiger partial charge is 0.261 e. The Kier molecular flexibility index (Phi) is 3.29. The lowest BCUT2D eigenvalue weighted by Gasteiger charge is -2.13. The van der Waals surface area contributed by atoms with E-state index in [4.69, 9.17) is 0 Å². The minimum absolute atomic E-state index is 0.186. The zero-order valence-electron chi connectivity index (χ0n) is 12.0. The lowest BCUT2D eigenvalue weighted by atomic mass is 9.99. The summed E-state index contributed by atoms with van der Waals surface area (Å²) in [6, 6.07) is 3.77. The molecule has 2 aromatic rings. The van der Waals surface area contributed by atoms with Crippen LogP contribution in [0.5, 0.6) is 0 Å². The Balaban J connectivity index is 1.77. The molecular formula is C15H16N4O2. The fourth-order valence-corrected chi connectivity index (χ4v) is 2.68. The number of rotatable bonds is 4. The van der Waals surface area contributed by atoms with Crippen LogP contribution in [0.15, 0.2) is 18.5 Å². The molecule has 0 aliphatic carbocycles. The van der Waals surface area contributed by atoms with Gasteiger partial charge in [0.1, 0.15) is 12.2 Å². The molecule has 21 heavy (non-hydrogen) atoms. The van der Waals surface area contributed by atoms with Crippen molar-refractivity contribution >= 4 is 11.8 Å². The van der Waals surface area contributed by atoms with Gasteiger partial charge in [0, 0.05) is 13.0 Å². The summed E-state index contributed by atoms with van der Waals surface area (Å²) in [5.74, 6) is 0.390. The lowest BCUT2D eigenvalue weighted by molar-refractivity contribution is 0.0652. The standard InChI is InChI=1S/C15H16N4O2/c1-9-5-6-10(2)13-12(9)14(20)19(15(13)21)7-3-4-11-16-8-17-18-11/h5-6,8H,3-4,7H2,1-2H3,(H,16,17,18). The summed E-state index contributed by atoms with van der Waals surface area (Å²) in [6.45, 7) is 4.12. The first kappa shape index (κ1) is 13.5. The molecule has 2 amide bonds. The molecular weight excluding hydrogens is 268 g/mol. The molecule has 1 aromatic heterocycles. The maximum Gasteiger partial charge on any atom is 0.261 e. The third-order valence-electron chi connectivity index (χ3n) is 3.80. The van der Waals surface area contributed by atoms with Gasteiger partial charge in [0.05, 0.1) is 11.1 Å². The van der Waals surface area contributed by atoms with Gasteiger partial charge in [0.25, 0.3) is 11.8 Å². The third-order valence-corrected chi connectivity index (χ3v) is 3.80. The summed E-state index contributed by atoms with van der Waals surface area (Å²) in [6.07, 6.45) is 2.77. The lowest BCUT2D eigenvalue weighted by Crippen LogP contribution is -2.31. The minimum atomic E-state index is -0.186. The van der Waals surface area contributed by atoms with Gasteiger partial charge in [0.15, 0.2) is 0 Å². The zero-order chi connectivity index (χ0) is 15.0. The molecule has 0 saturated carbocycles. The largest absolute Gasteiger partial charge is 0.274 e. The van der Waals surface area contributed by atoms with Crippen LogP contribution in [0.3, 0.4) is 0 Å². The maximum atomic E-state index is 12.4. The average molecular weight is 284 g/mol. The molecule has 0 bridgehead atoms. The molecule has 1 aromatic carbocycles. The number of H-pyrrole nitrogens is 1. The number of nitrogens with zero attached hydrogens (tertiary/aromatic N) is 3. The molecule has 3 rings (SSSR count). The molecule has 6 nitrogen and oxygen atoms in total. The monoisotopic (exact) mass is 284 g/mol. The third kappa shape index (κ3) is 2.22. The van der Waals surface area contributed by atoms with E-state index in [9.17, 15) is 9.59 Å². The van der Waals surface area contributed by atoms with Crippen LogP contribution in [-0.2, 0) is 6.42 Å². The molecule has 0 fully saturated rings. The van der Waals surface area contributed by atoms with Gasteiger partial charge < -0.3 is 0 Å². The Morgan fingerprint density at radius 1 is 1.10 bits per heavy atom. The van der Waals surface area contributed by atoms with Crippen LogP contribution in [0.2, 0.25) is 0 Å². The highest BCUT2D eigenvalue weighted by Crippen LogP contribution is 2.28. The molecule has 6 heteroatoms. The number of imide groups is 1. The summed E-state index contributed by atoms with van der Waals surface area (Å²) < 4.78 is 0. The van der Waals surface area contributed by atoms with E-state index >= 15 is 0 Å². The molecule has 1 aliphatic rings. The van der Waals surface area contributed by atoms with E-state index in [-0.39, 0.29) is 11.8 Å². The van der Waals surface area contributed by atoms with E-state index < -0.39 is 0 Å². The number of carbonyl (C=O) groups excluding carboxylic acids is 2. The van der Waals surface area contributed by atoms with Crippen molar-refractivity contribution in [2.45, 2.75) is 26.7 Å². The molecule has 0 unspecified atom stereocenters. The van der Waals surface area contributed by atoms with Crippen molar-refractivity contribution in [3.05, 3.63) is 46.5 Å². The van der Waals surface area contributed by atoms with E-state index in [1.165, 1.54) is 11.2 Å². The highest BCUT2D eigenvalue weighted by atomic mass is 16.2.